The van der Waals surface area contributed by atoms with Gasteiger partial charge in [-0.1, -0.05) is 28.1 Å². The van der Waals surface area contributed by atoms with E-state index in [0.29, 0.717) is 6.42 Å². The van der Waals surface area contributed by atoms with E-state index in [1.807, 2.05) is 55.5 Å². The minimum Gasteiger partial charge on any atom is -0.457 e. The lowest BCUT2D eigenvalue weighted by molar-refractivity contribution is -0.119. The van der Waals surface area contributed by atoms with E-state index in [0.717, 1.165) is 21.5 Å². The summed E-state index contributed by atoms with van der Waals surface area (Å²) in [5.74, 6) is 1.52. The minimum atomic E-state index is -0.407. The van der Waals surface area contributed by atoms with Crippen molar-refractivity contribution in [1.82, 2.24) is 10.9 Å². The molecule has 1 amide bonds. The first-order valence-corrected chi connectivity index (χ1v) is 7.44. The van der Waals surface area contributed by atoms with Gasteiger partial charge in [-0.15, -0.1) is 0 Å². The Balaban J connectivity index is 1.83. The van der Waals surface area contributed by atoms with Crippen molar-refractivity contribution in [3.63, 3.8) is 0 Å². The van der Waals surface area contributed by atoms with E-state index in [2.05, 4.69) is 26.8 Å². The summed E-state index contributed by atoms with van der Waals surface area (Å²) in [6.07, 6.45) is 0.411. The van der Waals surface area contributed by atoms with Crippen molar-refractivity contribution in [1.29, 1.82) is 0 Å². The second-order valence-corrected chi connectivity index (χ2v) is 6.18. The van der Waals surface area contributed by atoms with Crippen LogP contribution in [0.3, 0.4) is 0 Å². The summed E-state index contributed by atoms with van der Waals surface area (Å²) in [7, 11) is 0. The molecule has 0 aromatic heterocycles. The predicted molar refractivity (Wildman–Crippen MR) is 83.9 cm³/mol. The Labute approximate surface area is 131 Å². The number of carbonyl (C=O) groups excluding carboxylic acids is 1. The molecule has 2 aromatic carbocycles. The van der Waals surface area contributed by atoms with Gasteiger partial charge in [0.15, 0.2) is 0 Å². The maximum absolute atomic E-state index is 11.4. The van der Waals surface area contributed by atoms with E-state index in [1.54, 1.807) is 0 Å². The summed E-state index contributed by atoms with van der Waals surface area (Å²) in [5, 5.41) is 0. The number of hydrazine groups is 1. The predicted octanol–water partition coefficient (Wildman–Crippen LogP) is 3.48. The molecule has 0 saturated carbocycles. The molecule has 3 rings (SSSR count). The topological polar surface area (TPSA) is 50.4 Å². The first-order chi connectivity index (χ1) is 10.0. The average Bonchev–Trinajstić information content (AvgIpc) is 2.83. The second-order valence-electron chi connectivity index (χ2n) is 5.27. The van der Waals surface area contributed by atoms with Crippen LogP contribution in [-0.4, -0.2) is 5.91 Å². The van der Waals surface area contributed by atoms with Crippen molar-refractivity contribution in [2.75, 3.05) is 0 Å². The average molecular weight is 347 g/mol. The number of halogens is 1. The highest BCUT2D eigenvalue weighted by molar-refractivity contribution is 9.10. The number of carbonyl (C=O) groups is 1. The first kappa shape index (κ1) is 14.1. The lowest BCUT2D eigenvalue weighted by Crippen LogP contribution is -2.38. The molecular formula is C16H15BrN2O2. The fraction of sp³-hybridized carbons (Fsp3) is 0.188. The zero-order valence-corrected chi connectivity index (χ0v) is 13.1. The summed E-state index contributed by atoms with van der Waals surface area (Å²) in [5.41, 5.74) is 6.29. The van der Waals surface area contributed by atoms with Crippen LogP contribution >= 0.6 is 15.9 Å². The quantitative estimate of drug-likeness (QED) is 0.894. The molecule has 2 aromatic rings. The third-order valence-corrected chi connectivity index (χ3v) is 4.04. The smallest absolute Gasteiger partial charge is 0.236 e. The van der Waals surface area contributed by atoms with E-state index in [4.69, 9.17) is 4.74 Å². The van der Waals surface area contributed by atoms with Gasteiger partial charge in [0.25, 0.3) is 0 Å². The van der Waals surface area contributed by atoms with Crippen molar-refractivity contribution < 1.29 is 9.53 Å². The fourth-order valence-corrected chi connectivity index (χ4v) is 2.60. The van der Waals surface area contributed by atoms with Gasteiger partial charge in [-0.2, -0.15) is 0 Å². The second kappa shape index (κ2) is 5.50. The summed E-state index contributed by atoms with van der Waals surface area (Å²) < 4.78 is 6.86. The number of hydrogen-bond donors (Lipinski definition) is 2. The van der Waals surface area contributed by atoms with Crippen LogP contribution in [-0.2, 0) is 10.3 Å². The Morgan fingerprint density at radius 2 is 1.90 bits per heavy atom. The zero-order chi connectivity index (χ0) is 14.9. The summed E-state index contributed by atoms with van der Waals surface area (Å²) in [4.78, 5) is 11.4. The highest BCUT2D eigenvalue weighted by Gasteiger charge is 2.35. The van der Waals surface area contributed by atoms with Crippen LogP contribution in [0, 0.1) is 0 Å². The molecule has 2 N–H and O–H groups in total. The molecule has 0 aliphatic carbocycles. The highest BCUT2D eigenvalue weighted by Crippen LogP contribution is 2.31. The number of nitrogens with one attached hydrogen (secondary N) is 2. The zero-order valence-electron chi connectivity index (χ0n) is 11.5. The van der Waals surface area contributed by atoms with Gasteiger partial charge in [-0.05, 0) is 48.9 Å². The van der Waals surface area contributed by atoms with Crippen LogP contribution in [0.4, 0.5) is 0 Å². The van der Waals surface area contributed by atoms with Crippen LogP contribution in [0.15, 0.2) is 53.0 Å². The monoisotopic (exact) mass is 346 g/mol. The Hall–Kier alpha value is -1.85. The van der Waals surface area contributed by atoms with Crippen LogP contribution < -0.4 is 15.6 Å². The molecule has 0 spiro atoms. The third-order valence-electron chi connectivity index (χ3n) is 3.51. The Morgan fingerprint density at radius 3 is 2.57 bits per heavy atom. The van der Waals surface area contributed by atoms with Gasteiger partial charge in [0.05, 0.1) is 12.0 Å². The molecule has 1 fully saturated rings. The van der Waals surface area contributed by atoms with Crippen LogP contribution in [0.5, 0.6) is 11.5 Å². The number of hydrogen-bond acceptors (Lipinski definition) is 3. The maximum Gasteiger partial charge on any atom is 0.236 e. The molecule has 1 atom stereocenters. The van der Waals surface area contributed by atoms with Gasteiger partial charge < -0.3 is 4.74 Å². The van der Waals surface area contributed by atoms with E-state index >= 15 is 0 Å². The molecule has 0 radical (unpaired) electrons. The van der Waals surface area contributed by atoms with E-state index in [9.17, 15) is 4.79 Å². The normalized spacial score (nSPS) is 21.1. The third kappa shape index (κ3) is 3.09. The molecule has 1 saturated heterocycles. The molecule has 1 aliphatic rings. The molecular weight excluding hydrogens is 332 g/mol. The summed E-state index contributed by atoms with van der Waals surface area (Å²) in [6, 6.07) is 15.4. The van der Waals surface area contributed by atoms with Crippen LogP contribution in [0.2, 0.25) is 0 Å². The number of rotatable bonds is 3. The SMILES string of the molecule is CC1(c2cccc(Oc3ccc(Br)cc3)c2)CC(=O)NN1. The summed E-state index contributed by atoms with van der Waals surface area (Å²) >= 11 is 3.40. The molecule has 0 bridgehead atoms. The van der Waals surface area contributed by atoms with Crippen molar-refractivity contribution >= 4 is 21.8 Å². The molecule has 4 nitrogen and oxygen atoms in total. The van der Waals surface area contributed by atoms with E-state index in [-0.39, 0.29) is 5.91 Å². The van der Waals surface area contributed by atoms with Gasteiger partial charge in [-0.3, -0.25) is 10.2 Å². The lowest BCUT2D eigenvalue weighted by Gasteiger charge is -2.23. The first-order valence-electron chi connectivity index (χ1n) is 6.65. The van der Waals surface area contributed by atoms with Gasteiger partial charge in [0.2, 0.25) is 5.91 Å². The number of amides is 1. The molecule has 1 unspecified atom stereocenters. The van der Waals surface area contributed by atoms with Crippen molar-refractivity contribution in [3.05, 3.63) is 58.6 Å². The van der Waals surface area contributed by atoms with Gasteiger partial charge in [-0.25, -0.2) is 5.43 Å². The van der Waals surface area contributed by atoms with E-state index < -0.39 is 5.54 Å². The minimum absolute atomic E-state index is 0.00303. The van der Waals surface area contributed by atoms with Crippen molar-refractivity contribution in [3.8, 4) is 11.5 Å². The standard InChI is InChI=1S/C16H15BrN2O2/c1-16(10-15(20)18-19-16)11-3-2-4-14(9-11)21-13-7-5-12(17)6-8-13/h2-9,19H,10H2,1H3,(H,18,20). The summed E-state index contributed by atoms with van der Waals surface area (Å²) in [6.45, 7) is 1.99. The Bertz CT molecular complexity index is 672. The fourth-order valence-electron chi connectivity index (χ4n) is 2.33. The van der Waals surface area contributed by atoms with Crippen LogP contribution in [0.1, 0.15) is 18.9 Å². The van der Waals surface area contributed by atoms with Gasteiger partial charge >= 0.3 is 0 Å². The van der Waals surface area contributed by atoms with Crippen LogP contribution in [0.25, 0.3) is 0 Å². The van der Waals surface area contributed by atoms with Gasteiger partial charge in [0.1, 0.15) is 11.5 Å². The maximum atomic E-state index is 11.4. The number of ether oxygens (including phenoxy) is 1. The molecule has 108 valence electrons. The van der Waals surface area contributed by atoms with Crippen molar-refractivity contribution in [2.24, 2.45) is 0 Å². The van der Waals surface area contributed by atoms with E-state index in [1.165, 1.54) is 0 Å². The molecule has 1 aliphatic heterocycles. The Morgan fingerprint density at radius 1 is 1.14 bits per heavy atom. The Kier molecular flexibility index (Phi) is 3.69. The molecule has 21 heavy (non-hydrogen) atoms. The largest absolute Gasteiger partial charge is 0.457 e. The lowest BCUT2D eigenvalue weighted by atomic mass is 9.90. The molecule has 5 heteroatoms. The van der Waals surface area contributed by atoms with Gasteiger partial charge in [0, 0.05) is 4.47 Å². The molecule has 1 heterocycles. The van der Waals surface area contributed by atoms with Crippen molar-refractivity contribution in [2.45, 2.75) is 18.9 Å². The number of benzene rings is 2. The highest BCUT2D eigenvalue weighted by atomic mass is 79.9.